The molecule has 0 spiro atoms. The van der Waals surface area contributed by atoms with Gasteiger partial charge in [0.1, 0.15) is 0 Å². The van der Waals surface area contributed by atoms with Gasteiger partial charge in [0.25, 0.3) is 0 Å². The Balaban J connectivity index is 2.29. The SMILES string of the molecule is OC1(O)C=Cc2c(ccc3ccccc23)C1. The van der Waals surface area contributed by atoms with Gasteiger partial charge in [-0.25, -0.2) is 0 Å². The molecule has 16 heavy (non-hydrogen) atoms. The zero-order valence-corrected chi connectivity index (χ0v) is 8.72. The molecule has 0 aromatic heterocycles. The van der Waals surface area contributed by atoms with Crippen molar-refractivity contribution in [2.45, 2.75) is 12.2 Å². The van der Waals surface area contributed by atoms with Crippen LogP contribution >= 0.6 is 0 Å². The van der Waals surface area contributed by atoms with Crippen molar-refractivity contribution >= 4 is 16.8 Å². The molecular weight excluding hydrogens is 200 g/mol. The lowest BCUT2D eigenvalue weighted by molar-refractivity contribution is -0.116. The molecule has 2 heteroatoms. The number of benzene rings is 2. The van der Waals surface area contributed by atoms with E-state index >= 15 is 0 Å². The molecule has 0 aliphatic heterocycles. The number of hydrogen-bond donors (Lipinski definition) is 2. The van der Waals surface area contributed by atoms with Crippen LogP contribution in [0.3, 0.4) is 0 Å². The minimum Gasteiger partial charge on any atom is -0.362 e. The second-order valence-corrected chi connectivity index (χ2v) is 4.25. The van der Waals surface area contributed by atoms with E-state index in [1.807, 2.05) is 24.3 Å². The van der Waals surface area contributed by atoms with Gasteiger partial charge < -0.3 is 10.2 Å². The van der Waals surface area contributed by atoms with Gasteiger partial charge >= 0.3 is 0 Å². The van der Waals surface area contributed by atoms with Crippen LogP contribution in [0.15, 0.2) is 42.5 Å². The van der Waals surface area contributed by atoms with Gasteiger partial charge in [-0.2, -0.15) is 0 Å². The molecule has 2 aromatic rings. The van der Waals surface area contributed by atoms with Gasteiger partial charge in [0.05, 0.1) is 0 Å². The average molecular weight is 212 g/mol. The van der Waals surface area contributed by atoms with Gasteiger partial charge in [0.15, 0.2) is 5.79 Å². The van der Waals surface area contributed by atoms with Gasteiger partial charge in [-0.3, -0.25) is 0 Å². The Morgan fingerprint density at radius 2 is 1.81 bits per heavy atom. The molecule has 0 heterocycles. The van der Waals surface area contributed by atoms with Crippen molar-refractivity contribution in [1.82, 2.24) is 0 Å². The standard InChI is InChI=1S/C14H12O2/c15-14(16)8-7-13-11(9-14)6-5-10-3-1-2-4-12(10)13/h1-8,15-16H,9H2. The highest BCUT2D eigenvalue weighted by Gasteiger charge is 2.25. The summed E-state index contributed by atoms with van der Waals surface area (Å²) in [4.78, 5) is 0. The first-order chi connectivity index (χ1) is 7.66. The summed E-state index contributed by atoms with van der Waals surface area (Å²) in [5.74, 6) is -1.70. The summed E-state index contributed by atoms with van der Waals surface area (Å²) >= 11 is 0. The Bertz CT molecular complexity index is 582. The molecular formula is C14H12O2. The predicted molar refractivity (Wildman–Crippen MR) is 63.9 cm³/mol. The molecule has 0 radical (unpaired) electrons. The van der Waals surface area contributed by atoms with Crippen LogP contribution in [-0.4, -0.2) is 16.0 Å². The second kappa shape index (κ2) is 3.17. The summed E-state index contributed by atoms with van der Waals surface area (Å²) in [7, 11) is 0. The summed E-state index contributed by atoms with van der Waals surface area (Å²) in [5.41, 5.74) is 2.07. The summed E-state index contributed by atoms with van der Waals surface area (Å²) in [6, 6.07) is 12.1. The van der Waals surface area contributed by atoms with Crippen molar-refractivity contribution in [2.24, 2.45) is 0 Å². The predicted octanol–water partition coefficient (Wildman–Crippen LogP) is 2.09. The third-order valence-electron chi connectivity index (χ3n) is 3.03. The lowest BCUT2D eigenvalue weighted by atomic mass is 9.89. The lowest BCUT2D eigenvalue weighted by Crippen LogP contribution is -2.30. The van der Waals surface area contributed by atoms with E-state index in [1.54, 1.807) is 6.08 Å². The number of fused-ring (bicyclic) bond motifs is 3. The minimum absolute atomic E-state index is 0.254. The van der Waals surface area contributed by atoms with Crippen LogP contribution in [-0.2, 0) is 6.42 Å². The lowest BCUT2D eigenvalue weighted by Gasteiger charge is -2.24. The van der Waals surface area contributed by atoms with Gasteiger partial charge in [0.2, 0.25) is 0 Å². The van der Waals surface area contributed by atoms with Gasteiger partial charge in [-0.15, -0.1) is 0 Å². The van der Waals surface area contributed by atoms with Crippen molar-refractivity contribution in [2.75, 3.05) is 0 Å². The first kappa shape index (κ1) is 9.58. The van der Waals surface area contributed by atoms with Crippen LogP contribution in [0.5, 0.6) is 0 Å². The Labute approximate surface area is 93.5 Å². The fourth-order valence-electron chi connectivity index (χ4n) is 2.25. The summed E-state index contributed by atoms with van der Waals surface area (Å²) in [5, 5.41) is 21.5. The molecule has 2 N–H and O–H groups in total. The maximum atomic E-state index is 9.56. The molecule has 1 aliphatic rings. The largest absolute Gasteiger partial charge is 0.362 e. The summed E-state index contributed by atoms with van der Waals surface area (Å²) in [6.45, 7) is 0. The molecule has 2 nitrogen and oxygen atoms in total. The van der Waals surface area contributed by atoms with Crippen LogP contribution < -0.4 is 0 Å². The fraction of sp³-hybridized carbons (Fsp3) is 0.143. The molecule has 0 bridgehead atoms. The molecule has 0 fully saturated rings. The van der Waals surface area contributed by atoms with Crippen molar-refractivity contribution in [3.05, 3.63) is 53.6 Å². The molecule has 1 aliphatic carbocycles. The third kappa shape index (κ3) is 1.43. The highest BCUT2D eigenvalue weighted by molar-refractivity contribution is 5.92. The molecule has 2 aromatic carbocycles. The van der Waals surface area contributed by atoms with Gasteiger partial charge in [-0.05, 0) is 28.0 Å². The maximum absolute atomic E-state index is 9.56. The Kier molecular flexibility index (Phi) is 1.90. The molecule has 3 rings (SSSR count). The number of rotatable bonds is 0. The maximum Gasteiger partial charge on any atom is 0.187 e. The molecule has 0 unspecified atom stereocenters. The first-order valence-corrected chi connectivity index (χ1v) is 5.30. The van der Waals surface area contributed by atoms with E-state index < -0.39 is 5.79 Å². The van der Waals surface area contributed by atoms with Crippen LogP contribution in [0.4, 0.5) is 0 Å². The van der Waals surface area contributed by atoms with Crippen molar-refractivity contribution < 1.29 is 10.2 Å². The molecule has 80 valence electrons. The Morgan fingerprint density at radius 3 is 2.69 bits per heavy atom. The zero-order valence-electron chi connectivity index (χ0n) is 8.72. The molecule has 0 saturated heterocycles. The van der Waals surface area contributed by atoms with Crippen LogP contribution in [0, 0.1) is 0 Å². The summed E-state index contributed by atoms with van der Waals surface area (Å²) < 4.78 is 0. The quantitative estimate of drug-likeness (QED) is 0.656. The van der Waals surface area contributed by atoms with Gasteiger partial charge in [0, 0.05) is 6.42 Å². The van der Waals surface area contributed by atoms with E-state index in [4.69, 9.17) is 0 Å². The Hall–Kier alpha value is -1.64. The fourth-order valence-corrected chi connectivity index (χ4v) is 2.25. The Morgan fingerprint density at radius 1 is 1.00 bits per heavy atom. The molecule has 0 amide bonds. The van der Waals surface area contributed by atoms with E-state index in [0.717, 1.165) is 16.5 Å². The highest BCUT2D eigenvalue weighted by atomic mass is 16.5. The van der Waals surface area contributed by atoms with Crippen molar-refractivity contribution in [3.63, 3.8) is 0 Å². The summed E-state index contributed by atoms with van der Waals surface area (Å²) in [6.07, 6.45) is 3.49. The average Bonchev–Trinajstić information content (AvgIpc) is 2.27. The monoisotopic (exact) mass is 212 g/mol. The third-order valence-corrected chi connectivity index (χ3v) is 3.03. The zero-order chi connectivity index (χ0) is 11.2. The van der Waals surface area contributed by atoms with Crippen molar-refractivity contribution in [1.29, 1.82) is 0 Å². The van der Waals surface area contributed by atoms with E-state index in [1.165, 1.54) is 11.5 Å². The van der Waals surface area contributed by atoms with Crippen LogP contribution in [0.25, 0.3) is 16.8 Å². The second-order valence-electron chi connectivity index (χ2n) is 4.25. The smallest absolute Gasteiger partial charge is 0.187 e. The topological polar surface area (TPSA) is 40.5 Å². The van der Waals surface area contributed by atoms with E-state index in [-0.39, 0.29) is 6.42 Å². The van der Waals surface area contributed by atoms with E-state index in [9.17, 15) is 10.2 Å². The molecule has 0 atom stereocenters. The number of aliphatic hydroxyl groups is 2. The van der Waals surface area contributed by atoms with E-state index in [2.05, 4.69) is 12.1 Å². The van der Waals surface area contributed by atoms with Crippen LogP contribution in [0.2, 0.25) is 0 Å². The molecule has 0 saturated carbocycles. The number of hydrogen-bond acceptors (Lipinski definition) is 2. The van der Waals surface area contributed by atoms with E-state index in [0.29, 0.717) is 0 Å². The van der Waals surface area contributed by atoms with Crippen molar-refractivity contribution in [3.8, 4) is 0 Å². The minimum atomic E-state index is -1.70. The van der Waals surface area contributed by atoms with Crippen LogP contribution in [0.1, 0.15) is 11.1 Å². The first-order valence-electron chi connectivity index (χ1n) is 5.30. The van der Waals surface area contributed by atoms with Gasteiger partial charge in [-0.1, -0.05) is 42.5 Å². The normalized spacial score (nSPS) is 17.4. The highest BCUT2D eigenvalue weighted by Crippen LogP contribution is 2.30.